The third-order valence-electron chi connectivity index (χ3n) is 4.40. The molecule has 2 atom stereocenters. The first-order chi connectivity index (χ1) is 10.1. The van der Waals surface area contributed by atoms with E-state index in [2.05, 4.69) is 69.1 Å². The van der Waals surface area contributed by atoms with Gasteiger partial charge in [0.05, 0.1) is 0 Å². The highest BCUT2D eigenvalue weighted by Crippen LogP contribution is 2.17. The van der Waals surface area contributed by atoms with Crippen LogP contribution in [0.25, 0.3) is 0 Å². The predicted octanol–water partition coefficient (Wildman–Crippen LogP) is 4.27. The summed E-state index contributed by atoms with van der Waals surface area (Å²) in [5, 5.41) is 3.65. The van der Waals surface area contributed by atoms with E-state index in [4.69, 9.17) is 0 Å². The van der Waals surface area contributed by atoms with E-state index in [0.29, 0.717) is 6.04 Å². The zero-order chi connectivity index (χ0) is 15.7. The highest BCUT2D eigenvalue weighted by molar-refractivity contribution is 5.25. The molecule has 1 N–H and O–H groups in total. The number of nitrogens with one attached hydrogen (secondary N) is 1. The van der Waals surface area contributed by atoms with Crippen LogP contribution in [0.2, 0.25) is 0 Å². The van der Waals surface area contributed by atoms with E-state index in [0.717, 1.165) is 32.0 Å². The number of aryl methyl sites for hydroxylation is 1. The van der Waals surface area contributed by atoms with Crippen molar-refractivity contribution in [1.29, 1.82) is 0 Å². The van der Waals surface area contributed by atoms with Crippen molar-refractivity contribution in [2.75, 3.05) is 26.2 Å². The lowest BCUT2D eigenvalue weighted by Gasteiger charge is -2.29. The van der Waals surface area contributed by atoms with E-state index in [1.165, 1.54) is 24.1 Å². The summed E-state index contributed by atoms with van der Waals surface area (Å²) in [6.07, 6.45) is 2.37. The Hall–Kier alpha value is -0.860. The average molecular weight is 290 g/mol. The summed E-state index contributed by atoms with van der Waals surface area (Å²) in [4.78, 5) is 2.58. The predicted molar refractivity (Wildman–Crippen MR) is 93.8 cm³/mol. The number of hydrogen-bond donors (Lipinski definition) is 1. The lowest BCUT2D eigenvalue weighted by atomic mass is 10.0. The SMILES string of the molecule is CCNC(CN(CC)CC(C)CC)c1ccc(CC)cc1. The van der Waals surface area contributed by atoms with E-state index in [1.807, 2.05) is 0 Å². The molecule has 1 aromatic rings. The van der Waals surface area contributed by atoms with Crippen molar-refractivity contribution in [2.24, 2.45) is 5.92 Å². The molecule has 0 aromatic heterocycles. The van der Waals surface area contributed by atoms with Crippen LogP contribution in [0.1, 0.15) is 58.2 Å². The molecule has 0 saturated carbocycles. The van der Waals surface area contributed by atoms with Crippen LogP contribution in [0.5, 0.6) is 0 Å². The summed E-state index contributed by atoms with van der Waals surface area (Å²) in [6, 6.07) is 9.56. The average Bonchev–Trinajstić information content (AvgIpc) is 2.53. The van der Waals surface area contributed by atoms with E-state index in [1.54, 1.807) is 0 Å². The molecule has 0 aliphatic carbocycles. The Kier molecular flexibility index (Phi) is 8.63. The van der Waals surface area contributed by atoms with Gasteiger partial charge in [0.1, 0.15) is 0 Å². The normalized spacial score (nSPS) is 14.4. The number of rotatable bonds is 10. The van der Waals surface area contributed by atoms with Gasteiger partial charge < -0.3 is 10.2 Å². The van der Waals surface area contributed by atoms with Crippen molar-refractivity contribution in [2.45, 2.75) is 53.5 Å². The minimum absolute atomic E-state index is 0.435. The lowest BCUT2D eigenvalue weighted by Crippen LogP contribution is -2.37. The Labute approximate surface area is 131 Å². The molecule has 0 fully saturated rings. The van der Waals surface area contributed by atoms with Crippen LogP contribution in [-0.4, -0.2) is 31.1 Å². The molecule has 0 heterocycles. The molecule has 120 valence electrons. The molecule has 1 aromatic carbocycles. The van der Waals surface area contributed by atoms with Gasteiger partial charge in [0.25, 0.3) is 0 Å². The molecule has 21 heavy (non-hydrogen) atoms. The molecule has 0 radical (unpaired) electrons. The van der Waals surface area contributed by atoms with Crippen molar-refractivity contribution in [3.8, 4) is 0 Å². The molecular weight excluding hydrogens is 256 g/mol. The first-order valence-electron chi connectivity index (χ1n) is 8.69. The monoisotopic (exact) mass is 290 g/mol. The van der Waals surface area contributed by atoms with E-state index >= 15 is 0 Å². The van der Waals surface area contributed by atoms with E-state index in [-0.39, 0.29) is 0 Å². The summed E-state index contributed by atoms with van der Waals surface area (Å²) in [5.41, 5.74) is 2.83. The van der Waals surface area contributed by atoms with Crippen molar-refractivity contribution >= 4 is 0 Å². The number of benzene rings is 1. The van der Waals surface area contributed by atoms with E-state index < -0.39 is 0 Å². The Morgan fingerprint density at radius 3 is 2.14 bits per heavy atom. The Morgan fingerprint density at radius 2 is 1.67 bits per heavy atom. The molecule has 0 spiro atoms. The van der Waals surface area contributed by atoms with Crippen molar-refractivity contribution in [3.05, 3.63) is 35.4 Å². The molecule has 2 unspecified atom stereocenters. The van der Waals surface area contributed by atoms with Crippen LogP contribution in [0.4, 0.5) is 0 Å². The van der Waals surface area contributed by atoms with Gasteiger partial charge in [0.2, 0.25) is 0 Å². The molecule has 0 saturated heterocycles. The maximum absolute atomic E-state index is 3.65. The van der Waals surface area contributed by atoms with Gasteiger partial charge in [-0.3, -0.25) is 0 Å². The Bertz CT molecular complexity index is 372. The molecule has 0 bridgehead atoms. The first-order valence-corrected chi connectivity index (χ1v) is 8.69. The van der Waals surface area contributed by atoms with Crippen LogP contribution >= 0.6 is 0 Å². The topological polar surface area (TPSA) is 15.3 Å². The minimum Gasteiger partial charge on any atom is -0.309 e. The number of likely N-dealkylation sites (N-methyl/N-ethyl adjacent to an activating group) is 2. The highest BCUT2D eigenvalue weighted by Gasteiger charge is 2.15. The molecule has 0 aliphatic heterocycles. The summed E-state index contributed by atoms with van der Waals surface area (Å²) >= 11 is 0. The second kappa shape index (κ2) is 9.97. The van der Waals surface area contributed by atoms with Crippen LogP contribution in [0.3, 0.4) is 0 Å². The number of hydrogen-bond acceptors (Lipinski definition) is 2. The van der Waals surface area contributed by atoms with Crippen LogP contribution < -0.4 is 5.32 Å². The number of nitrogens with zero attached hydrogens (tertiary/aromatic N) is 1. The summed E-state index contributed by atoms with van der Waals surface area (Å²) in [6.45, 7) is 15.7. The van der Waals surface area contributed by atoms with Gasteiger partial charge in [-0.1, -0.05) is 65.3 Å². The van der Waals surface area contributed by atoms with Gasteiger partial charge in [-0.05, 0) is 36.6 Å². The van der Waals surface area contributed by atoms with Crippen LogP contribution in [0.15, 0.2) is 24.3 Å². The quantitative estimate of drug-likeness (QED) is 0.692. The second-order valence-electron chi connectivity index (χ2n) is 6.07. The third-order valence-corrected chi connectivity index (χ3v) is 4.40. The zero-order valence-electron chi connectivity index (χ0n) is 14.7. The van der Waals surface area contributed by atoms with Gasteiger partial charge in [-0.25, -0.2) is 0 Å². The van der Waals surface area contributed by atoms with Crippen molar-refractivity contribution in [3.63, 3.8) is 0 Å². The van der Waals surface area contributed by atoms with Crippen molar-refractivity contribution in [1.82, 2.24) is 10.2 Å². The smallest absolute Gasteiger partial charge is 0.0449 e. The van der Waals surface area contributed by atoms with Gasteiger partial charge in [-0.2, -0.15) is 0 Å². The second-order valence-corrected chi connectivity index (χ2v) is 6.07. The molecule has 0 amide bonds. The third kappa shape index (κ3) is 6.19. The maximum Gasteiger partial charge on any atom is 0.0449 e. The first kappa shape index (κ1) is 18.2. The lowest BCUT2D eigenvalue weighted by molar-refractivity contribution is 0.221. The van der Waals surface area contributed by atoms with Gasteiger partial charge in [-0.15, -0.1) is 0 Å². The highest BCUT2D eigenvalue weighted by atomic mass is 15.1. The molecule has 2 nitrogen and oxygen atoms in total. The summed E-state index contributed by atoms with van der Waals surface area (Å²) < 4.78 is 0. The molecule has 2 heteroatoms. The molecular formula is C19H34N2. The van der Waals surface area contributed by atoms with Crippen molar-refractivity contribution < 1.29 is 0 Å². The standard InChI is InChI=1S/C19H34N2/c1-6-16(5)14-21(9-4)15-19(20-8-3)18-12-10-17(7-2)11-13-18/h10-13,16,19-20H,6-9,14-15H2,1-5H3. The Balaban J connectivity index is 2.74. The maximum atomic E-state index is 3.65. The fraction of sp³-hybridized carbons (Fsp3) is 0.684. The largest absolute Gasteiger partial charge is 0.309 e. The fourth-order valence-electron chi connectivity index (χ4n) is 2.68. The molecule has 0 aliphatic rings. The molecule has 1 rings (SSSR count). The van der Waals surface area contributed by atoms with Gasteiger partial charge in [0, 0.05) is 19.1 Å². The van der Waals surface area contributed by atoms with E-state index in [9.17, 15) is 0 Å². The van der Waals surface area contributed by atoms with Gasteiger partial charge >= 0.3 is 0 Å². The summed E-state index contributed by atoms with van der Waals surface area (Å²) in [7, 11) is 0. The van der Waals surface area contributed by atoms with Gasteiger partial charge in [0.15, 0.2) is 0 Å². The summed E-state index contributed by atoms with van der Waals surface area (Å²) in [5.74, 6) is 0.773. The van der Waals surface area contributed by atoms with Crippen LogP contribution in [-0.2, 0) is 6.42 Å². The zero-order valence-corrected chi connectivity index (χ0v) is 14.7. The minimum atomic E-state index is 0.435. The Morgan fingerprint density at radius 1 is 1.00 bits per heavy atom. The van der Waals surface area contributed by atoms with Crippen LogP contribution in [0, 0.1) is 5.92 Å². The fourth-order valence-corrected chi connectivity index (χ4v) is 2.68.